The van der Waals surface area contributed by atoms with Crippen molar-refractivity contribution in [1.82, 2.24) is 4.98 Å². The second-order valence-corrected chi connectivity index (χ2v) is 4.60. The maximum atomic E-state index is 11.5. The summed E-state index contributed by atoms with van der Waals surface area (Å²) in [6.07, 6.45) is 3.96. The summed E-state index contributed by atoms with van der Waals surface area (Å²) in [5, 5.41) is 0. The van der Waals surface area contributed by atoms with Gasteiger partial charge in [0.25, 0.3) is 5.91 Å². The summed E-state index contributed by atoms with van der Waals surface area (Å²) in [4.78, 5) is 28.7. The van der Waals surface area contributed by atoms with Gasteiger partial charge in [-0.2, -0.15) is 0 Å². The zero-order valence-electron chi connectivity index (χ0n) is 10.5. The number of aromatic nitrogens is 1. The molecule has 1 aromatic rings. The molecule has 102 valence electrons. The van der Waals surface area contributed by atoms with Gasteiger partial charge >= 0.3 is 0 Å². The van der Waals surface area contributed by atoms with Crippen molar-refractivity contribution in [3.63, 3.8) is 0 Å². The van der Waals surface area contributed by atoms with Gasteiger partial charge < -0.3 is 22.1 Å². The van der Waals surface area contributed by atoms with Gasteiger partial charge in [0, 0.05) is 6.54 Å². The molecule has 6 N–H and O–H groups in total. The van der Waals surface area contributed by atoms with E-state index in [2.05, 4.69) is 4.98 Å². The van der Waals surface area contributed by atoms with Crippen LogP contribution in [0, 0.1) is 0 Å². The minimum atomic E-state index is -0.617. The number of nitrogen functional groups attached to an aromatic ring is 1. The molecule has 0 aromatic carbocycles. The zero-order chi connectivity index (χ0) is 14.0. The van der Waals surface area contributed by atoms with Crippen molar-refractivity contribution in [1.29, 1.82) is 0 Å². The van der Waals surface area contributed by atoms with Crippen LogP contribution in [0.1, 0.15) is 29.6 Å². The molecule has 1 fully saturated rings. The second kappa shape index (κ2) is 5.13. The Kier molecular flexibility index (Phi) is 3.55. The van der Waals surface area contributed by atoms with Gasteiger partial charge in [-0.15, -0.1) is 0 Å². The second-order valence-electron chi connectivity index (χ2n) is 4.60. The van der Waals surface area contributed by atoms with Gasteiger partial charge in [-0.05, 0) is 25.3 Å². The Hall–Kier alpha value is -2.31. The number of hydrogen-bond acceptors (Lipinski definition) is 5. The molecule has 2 rings (SSSR count). The number of pyridine rings is 1. The van der Waals surface area contributed by atoms with Crippen molar-refractivity contribution in [3.8, 4) is 0 Å². The summed E-state index contributed by atoms with van der Waals surface area (Å²) < 4.78 is 0. The van der Waals surface area contributed by atoms with Crippen molar-refractivity contribution >= 4 is 23.3 Å². The molecular weight excluding hydrogens is 246 g/mol. The Balaban J connectivity index is 2.36. The Morgan fingerprint density at radius 3 is 2.68 bits per heavy atom. The van der Waals surface area contributed by atoms with Crippen molar-refractivity contribution in [2.75, 3.05) is 17.2 Å². The van der Waals surface area contributed by atoms with E-state index in [0.717, 1.165) is 12.8 Å². The summed E-state index contributed by atoms with van der Waals surface area (Å²) in [7, 11) is 0. The third-order valence-electron chi connectivity index (χ3n) is 3.31. The first-order chi connectivity index (χ1) is 9.00. The maximum absolute atomic E-state index is 11.5. The van der Waals surface area contributed by atoms with Gasteiger partial charge in [-0.3, -0.25) is 9.59 Å². The molecule has 1 aliphatic heterocycles. The summed E-state index contributed by atoms with van der Waals surface area (Å²) in [6.45, 7) is 0.669. The van der Waals surface area contributed by atoms with E-state index in [-0.39, 0.29) is 17.2 Å². The number of carbonyl (C=O) groups excluding carboxylic acids is 2. The van der Waals surface area contributed by atoms with Gasteiger partial charge in [0.15, 0.2) is 0 Å². The molecule has 2 amide bonds. The predicted molar refractivity (Wildman–Crippen MR) is 71.3 cm³/mol. The molecule has 19 heavy (non-hydrogen) atoms. The summed E-state index contributed by atoms with van der Waals surface area (Å²) in [5.74, 6) is -0.501. The molecule has 0 radical (unpaired) electrons. The Morgan fingerprint density at radius 2 is 2.05 bits per heavy atom. The number of nitrogens with two attached hydrogens (primary N) is 3. The number of nitrogens with zero attached hydrogens (tertiary/aromatic N) is 2. The molecule has 0 bridgehead atoms. The molecule has 1 atom stereocenters. The molecule has 7 heteroatoms. The standard InChI is InChI=1S/C12H17N5O2/c13-8-6-16-10(5-7(8)11(14)18)17-4-2-1-3-9(17)12(15)19/h5-6,9H,1-4,13H2,(H2,14,18)(H2,15,19). The van der Waals surface area contributed by atoms with E-state index >= 15 is 0 Å². The van der Waals surface area contributed by atoms with Crippen molar-refractivity contribution in [3.05, 3.63) is 17.8 Å². The van der Waals surface area contributed by atoms with Crippen LogP contribution in [0.15, 0.2) is 12.3 Å². The van der Waals surface area contributed by atoms with Gasteiger partial charge in [0.2, 0.25) is 5.91 Å². The predicted octanol–water partition coefficient (Wildman–Crippen LogP) is -0.393. The Labute approximate surface area is 110 Å². The van der Waals surface area contributed by atoms with Crippen LogP contribution >= 0.6 is 0 Å². The van der Waals surface area contributed by atoms with Gasteiger partial charge in [0.1, 0.15) is 11.9 Å². The Morgan fingerprint density at radius 1 is 1.32 bits per heavy atom. The zero-order valence-corrected chi connectivity index (χ0v) is 10.5. The van der Waals surface area contributed by atoms with E-state index < -0.39 is 11.9 Å². The lowest BCUT2D eigenvalue weighted by atomic mass is 10.0. The van der Waals surface area contributed by atoms with Gasteiger partial charge in [-0.1, -0.05) is 0 Å². The van der Waals surface area contributed by atoms with E-state index in [1.165, 1.54) is 12.3 Å². The molecule has 1 unspecified atom stereocenters. The third-order valence-corrected chi connectivity index (χ3v) is 3.31. The third kappa shape index (κ3) is 2.59. The highest BCUT2D eigenvalue weighted by atomic mass is 16.1. The first-order valence-corrected chi connectivity index (χ1v) is 6.12. The maximum Gasteiger partial charge on any atom is 0.250 e. The first kappa shape index (κ1) is 13.1. The quantitative estimate of drug-likeness (QED) is 0.684. The topological polar surface area (TPSA) is 128 Å². The fourth-order valence-electron chi connectivity index (χ4n) is 2.33. The fourth-order valence-corrected chi connectivity index (χ4v) is 2.33. The van der Waals surface area contributed by atoms with Crippen LogP contribution in [0.3, 0.4) is 0 Å². The molecule has 7 nitrogen and oxygen atoms in total. The highest BCUT2D eigenvalue weighted by molar-refractivity contribution is 5.98. The fraction of sp³-hybridized carbons (Fsp3) is 0.417. The van der Waals surface area contributed by atoms with Crippen molar-refractivity contribution < 1.29 is 9.59 Å². The molecule has 1 aromatic heterocycles. The summed E-state index contributed by atoms with van der Waals surface area (Å²) in [5.41, 5.74) is 16.7. The largest absolute Gasteiger partial charge is 0.397 e. The van der Waals surface area contributed by atoms with Crippen molar-refractivity contribution in [2.24, 2.45) is 11.5 Å². The van der Waals surface area contributed by atoms with E-state index in [1.54, 1.807) is 4.90 Å². The molecule has 0 saturated carbocycles. The lowest BCUT2D eigenvalue weighted by Crippen LogP contribution is -2.48. The van der Waals surface area contributed by atoms with E-state index in [9.17, 15) is 9.59 Å². The van der Waals surface area contributed by atoms with Crippen LogP contribution < -0.4 is 22.1 Å². The molecule has 1 aliphatic rings. The highest BCUT2D eigenvalue weighted by Crippen LogP contribution is 2.25. The number of amides is 2. The normalized spacial score (nSPS) is 19.2. The number of anilines is 2. The van der Waals surface area contributed by atoms with Crippen molar-refractivity contribution in [2.45, 2.75) is 25.3 Å². The minimum Gasteiger partial charge on any atom is -0.397 e. The van der Waals surface area contributed by atoms with E-state index in [0.29, 0.717) is 18.8 Å². The Bertz CT molecular complexity index is 517. The molecule has 0 aliphatic carbocycles. The van der Waals surface area contributed by atoms with Crippen LogP contribution in [0.25, 0.3) is 0 Å². The summed E-state index contributed by atoms with van der Waals surface area (Å²) in [6, 6.07) is 1.12. The molecule has 2 heterocycles. The number of carbonyl (C=O) groups is 2. The molecule has 0 spiro atoms. The number of rotatable bonds is 3. The monoisotopic (exact) mass is 263 g/mol. The van der Waals surface area contributed by atoms with Crippen LogP contribution in [0.2, 0.25) is 0 Å². The van der Waals surface area contributed by atoms with Gasteiger partial charge in [-0.25, -0.2) is 4.98 Å². The van der Waals surface area contributed by atoms with Crippen LogP contribution in [-0.4, -0.2) is 29.4 Å². The highest BCUT2D eigenvalue weighted by Gasteiger charge is 2.28. The minimum absolute atomic E-state index is 0.207. The number of hydrogen-bond donors (Lipinski definition) is 3. The van der Waals surface area contributed by atoms with Crippen LogP contribution in [-0.2, 0) is 4.79 Å². The van der Waals surface area contributed by atoms with Crippen LogP contribution in [0.5, 0.6) is 0 Å². The average Bonchev–Trinajstić information content (AvgIpc) is 2.39. The van der Waals surface area contributed by atoms with Gasteiger partial charge in [0.05, 0.1) is 17.4 Å². The smallest absolute Gasteiger partial charge is 0.250 e. The lowest BCUT2D eigenvalue weighted by Gasteiger charge is -2.34. The molecular formula is C12H17N5O2. The SMILES string of the molecule is NC(=O)c1cc(N2CCCCC2C(N)=O)ncc1N. The van der Waals surface area contributed by atoms with Crippen LogP contribution in [0.4, 0.5) is 11.5 Å². The average molecular weight is 263 g/mol. The molecule has 1 saturated heterocycles. The summed E-state index contributed by atoms with van der Waals surface area (Å²) >= 11 is 0. The first-order valence-electron chi connectivity index (χ1n) is 6.12. The lowest BCUT2D eigenvalue weighted by molar-refractivity contribution is -0.119. The number of primary amides is 2. The number of piperidine rings is 1. The van der Waals surface area contributed by atoms with E-state index in [1.807, 2.05) is 0 Å². The van der Waals surface area contributed by atoms with E-state index in [4.69, 9.17) is 17.2 Å².